The fourth-order valence-electron chi connectivity index (χ4n) is 2.67. The maximum atomic E-state index is 12.0. The zero-order valence-electron chi connectivity index (χ0n) is 10.9. The molecule has 1 unspecified atom stereocenters. The summed E-state index contributed by atoms with van der Waals surface area (Å²) in [5.41, 5.74) is 1.22. The molecule has 0 saturated carbocycles. The molecule has 106 valence electrons. The van der Waals surface area contributed by atoms with Gasteiger partial charge in [-0.2, -0.15) is 0 Å². The van der Waals surface area contributed by atoms with Gasteiger partial charge in [-0.1, -0.05) is 6.42 Å². The lowest BCUT2D eigenvalue weighted by Gasteiger charge is -2.06. The molecule has 1 aliphatic heterocycles. The van der Waals surface area contributed by atoms with Crippen molar-refractivity contribution in [2.24, 2.45) is 5.92 Å². The highest BCUT2D eigenvalue weighted by molar-refractivity contribution is 7.15. The average Bonchev–Trinajstić information content (AvgIpc) is 2.96. The number of aromatic nitrogens is 1. The van der Waals surface area contributed by atoms with E-state index in [2.05, 4.69) is 15.6 Å². The molecule has 1 amide bonds. The third-order valence-corrected chi connectivity index (χ3v) is 4.83. The van der Waals surface area contributed by atoms with E-state index in [9.17, 15) is 4.79 Å². The quantitative estimate of drug-likeness (QED) is 0.825. The van der Waals surface area contributed by atoms with Crippen molar-refractivity contribution in [2.75, 3.05) is 18.4 Å². The molecule has 4 nitrogen and oxygen atoms in total. The second-order valence-corrected chi connectivity index (χ2v) is 6.21. The van der Waals surface area contributed by atoms with Gasteiger partial charge in [-0.05, 0) is 38.6 Å². The number of carbonyl (C=O) groups is 1. The maximum absolute atomic E-state index is 12.0. The predicted molar refractivity (Wildman–Crippen MR) is 80.2 cm³/mol. The van der Waals surface area contributed by atoms with Crippen LogP contribution in [0.25, 0.3) is 0 Å². The van der Waals surface area contributed by atoms with Gasteiger partial charge in [-0.3, -0.25) is 4.79 Å². The highest BCUT2D eigenvalue weighted by Crippen LogP contribution is 2.29. The van der Waals surface area contributed by atoms with Crippen LogP contribution in [0.1, 0.15) is 36.3 Å². The smallest absolute Gasteiger partial charge is 0.230 e. The van der Waals surface area contributed by atoms with Gasteiger partial charge in [-0.25, -0.2) is 4.98 Å². The summed E-state index contributed by atoms with van der Waals surface area (Å²) < 4.78 is 0. The standard InChI is InChI=1S/C13H19N3OS.ClH/c17-12(9-6-7-14-8-9)16-13-15-10-4-2-1-3-5-11(10)18-13;/h9,14H,1-8H2,(H,15,16,17);1H. The number of nitrogens with one attached hydrogen (secondary N) is 2. The first kappa shape index (κ1) is 14.8. The van der Waals surface area contributed by atoms with E-state index in [0.29, 0.717) is 0 Å². The van der Waals surface area contributed by atoms with Gasteiger partial charge in [0.15, 0.2) is 5.13 Å². The van der Waals surface area contributed by atoms with E-state index in [0.717, 1.165) is 37.5 Å². The Labute approximate surface area is 123 Å². The van der Waals surface area contributed by atoms with Crippen molar-refractivity contribution in [1.82, 2.24) is 10.3 Å². The zero-order valence-corrected chi connectivity index (χ0v) is 12.5. The van der Waals surface area contributed by atoms with Crippen LogP contribution in [0.3, 0.4) is 0 Å². The molecule has 2 aliphatic rings. The Morgan fingerprint density at radius 2 is 2.16 bits per heavy atom. The first-order valence-corrected chi connectivity index (χ1v) is 7.65. The van der Waals surface area contributed by atoms with Crippen LogP contribution in [-0.4, -0.2) is 24.0 Å². The van der Waals surface area contributed by atoms with E-state index < -0.39 is 0 Å². The van der Waals surface area contributed by atoms with Crippen molar-refractivity contribution >= 4 is 34.8 Å². The van der Waals surface area contributed by atoms with Crippen molar-refractivity contribution in [1.29, 1.82) is 0 Å². The third kappa shape index (κ3) is 3.46. The fourth-order valence-corrected chi connectivity index (χ4v) is 3.72. The number of carbonyl (C=O) groups excluding carboxylic acids is 1. The molecular formula is C13H20ClN3OS. The summed E-state index contributed by atoms with van der Waals surface area (Å²) in [5.74, 6) is 0.248. The van der Waals surface area contributed by atoms with Crippen molar-refractivity contribution in [3.8, 4) is 0 Å². The molecule has 0 bridgehead atoms. The average molecular weight is 302 g/mol. The second kappa shape index (κ2) is 6.68. The highest BCUT2D eigenvalue weighted by Gasteiger charge is 2.23. The molecular weight excluding hydrogens is 282 g/mol. The number of fused-ring (bicyclic) bond motifs is 1. The van der Waals surface area contributed by atoms with Crippen molar-refractivity contribution in [3.63, 3.8) is 0 Å². The first-order chi connectivity index (χ1) is 8.83. The van der Waals surface area contributed by atoms with E-state index in [1.807, 2.05) is 0 Å². The Morgan fingerprint density at radius 3 is 2.95 bits per heavy atom. The van der Waals surface area contributed by atoms with Crippen LogP contribution < -0.4 is 10.6 Å². The van der Waals surface area contributed by atoms with Crippen LogP contribution in [0.2, 0.25) is 0 Å². The fraction of sp³-hybridized carbons (Fsp3) is 0.692. The van der Waals surface area contributed by atoms with Gasteiger partial charge in [0.05, 0.1) is 11.6 Å². The lowest BCUT2D eigenvalue weighted by atomic mass is 10.1. The summed E-state index contributed by atoms with van der Waals surface area (Å²) in [4.78, 5) is 18.0. The van der Waals surface area contributed by atoms with Crippen LogP contribution >= 0.6 is 23.7 Å². The molecule has 6 heteroatoms. The van der Waals surface area contributed by atoms with Crippen LogP contribution in [-0.2, 0) is 17.6 Å². The van der Waals surface area contributed by atoms with Gasteiger partial charge in [0.1, 0.15) is 0 Å². The maximum Gasteiger partial charge on any atom is 0.230 e. The van der Waals surface area contributed by atoms with Gasteiger partial charge in [-0.15, -0.1) is 23.7 Å². The van der Waals surface area contributed by atoms with E-state index in [-0.39, 0.29) is 24.2 Å². The molecule has 0 aromatic carbocycles. The predicted octanol–water partition coefficient (Wildman–Crippen LogP) is 2.38. The number of anilines is 1. The summed E-state index contributed by atoms with van der Waals surface area (Å²) in [7, 11) is 0. The number of amides is 1. The SMILES string of the molecule is Cl.O=C(Nc1nc2c(s1)CCCCC2)C1CCNC1. The lowest BCUT2D eigenvalue weighted by molar-refractivity contribution is -0.119. The van der Waals surface area contributed by atoms with Crippen molar-refractivity contribution < 1.29 is 4.79 Å². The Bertz CT molecular complexity index is 420. The van der Waals surface area contributed by atoms with Gasteiger partial charge >= 0.3 is 0 Å². The monoisotopic (exact) mass is 301 g/mol. The molecule has 3 rings (SSSR count). The van der Waals surface area contributed by atoms with Gasteiger partial charge in [0, 0.05) is 11.4 Å². The highest BCUT2D eigenvalue weighted by atomic mass is 35.5. The van der Waals surface area contributed by atoms with Crippen molar-refractivity contribution in [3.05, 3.63) is 10.6 Å². The molecule has 1 aromatic rings. The number of thiazole rings is 1. The van der Waals surface area contributed by atoms with Crippen LogP contribution in [0.5, 0.6) is 0 Å². The summed E-state index contributed by atoms with van der Waals surface area (Å²) in [6.45, 7) is 1.75. The molecule has 0 radical (unpaired) electrons. The largest absolute Gasteiger partial charge is 0.316 e. The number of halogens is 1. The molecule has 2 N–H and O–H groups in total. The van der Waals surface area contributed by atoms with E-state index in [4.69, 9.17) is 0 Å². The number of aryl methyl sites for hydroxylation is 2. The summed E-state index contributed by atoms with van der Waals surface area (Å²) in [6, 6.07) is 0. The first-order valence-electron chi connectivity index (χ1n) is 6.83. The Morgan fingerprint density at radius 1 is 1.32 bits per heavy atom. The number of nitrogens with zero attached hydrogens (tertiary/aromatic N) is 1. The van der Waals surface area contributed by atoms with E-state index >= 15 is 0 Å². The minimum Gasteiger partial charge on any atom is -0.316 e. The van der Waals surface area contributed by atoms with Crippen molar-refractivity contribution in [2.45, 2.75) is 38.5 Å². The van der Waals surface area contributed by atoms with Gasteiger partial charge in [0.25, 0.3) is 0 Å². The lowest BCUT2D eigenvalue weighted by Crippen LogP contribution is -2.24. The molecule has 1 atom stereocenters. The molecule has 1 aromatic heterocycles. The summed E-state index contributed by atoms with van der Waals surface area (Å²) >= 11 is 1.67. The van der Waals surface area contributed by atoms with Gasteiger partial charge in [0.2, 0.25) is 5.91 Å². The Kier molecular flexibility index (Phi) is 5.19. The minimum absolute atomic E-state index is 0. The molecule has 1 fully saturated rings. The number of rotatable bonds is 2. The molecule has 1 aliphatic carbocycles. The van der Waals surface area contributed by atoms with E-state index in [1.165, 1.54) is 29.8 Å². The van der Waals surface area contributed by atoms with Crippen LogP contribution in [0.15, 0.2) is 0 Å². The molecule has 0 spiro atoms. The summed E-state index contributed by atoms with van der Waals surface area (Å²) in [6.07, 6.45) is 6.95. The molecule has 19 heavy (non-hydrogen) atoms. The Balaban J connectivity index is 0.00000133. The van der Waals surface area contributed by atoms with E-state index in [1.54, 1.807) is 11.3 Å². The zero-order chi connectivity index (χ0) is 12.4. The second-order valence-electron chi connectivity index (χ2n) is 5.13. The number of hydrogen-bond acceptors (Lipinski definition) is 4. The Hall–Kier alpha value is -0.650. The third-order valence-electron chi connectivity index (χ3n) is 3.76. The van der Waals surface area contributed by atoms with Crippen LogP contribution in [0, 0.1) is 5.92 Å². The molecule has 1 saturated heterocycles. The summed E-state index contributed by atoms with van der Waals surface area (Å²) in [5, 5.41) is 7.01. The van der Waals surface area contributed by atoms with Crippen LogP contribution in [0.4, 0.5) is 5.13 Å². The number of hydrogen-bond donors (Lipinski definition) is 2. The topological polar surface area (TPSA) is 54.0 Å². The molecule has 2 heterocycles. The van der Waals surface area contributed by atoms with Gasteiger partial charge < -0.3 is 10.6 Å². The minimum atomic E-state index is 0. The normalized spacial score (nSPS) is 22.2.